The van der Waals surface area contributed by atoms with E-state index in [-0.39, 0.29) is 16.3 Å². The molecule has 1 amide bonds. The topological polar surface area (TPSA) is 81.5 Å². The molecule has 0 aliphatic carbocycles. The molecule has 6 nitrogen and oxygen atoms in total. The average Bonchev–Trinajstić information content (AvgIpc) is 2.48. The number of nitro groups is 1. The molecule has 0 unspecified atom stereocenters. The smallest absolute Gasteiger partial charge is 0.270 e. The SMILES string of the molecule is CCOc1cccc(NC(=O)c2cc([N+](=O)[O-])ccc2Cl)c1. The van der Waals surface area contributed by atoms with Crippen LogP contribution in [0.4, 0.5) is 11.4 Å². The second-order valence-electron chi connectivity index (χ2n) is 4.34. The first kappa shape index (κ1) is 15.8. The molecule has 0 radical (unpaired) electrons. The van der Waals surface area contributed by atoms with Crippen molar-refractivity contribution >= 4 is 28.9 Å². The van der Waals surface area contributed by atoms with Crippen LogP contribution in [-0.2, 0) is 0 Å². The minimum atomic E-state index is -0.581. The molecule has 2 aromatic carbocycles. The number of nitro benzene ring substituents is 1. The van der Waals surface area contributed by atoms with E-state index in [1.807, 2.05) is 6.92 Å². The molecule has 0 spiro atoms. The third-order valence-electron chi connectivity index (χ3n) is 2.81. The van der Waals surface area contributed by atoms with Gasteiger partial charge in [0.25, 0.3) is 11.6 Å². The number of amides is 1. The van der Waals surface area contributed by atoms with E-state index in [1.165, 1.54) is 12.1 Å². The van der Waals surface area contributed by atoms with Crippen LogP contribution in [0.5, 0.6) is 5.75 Å². The number of benzene rings is 2. The van der Waals surface area contributed by atoms with Gasteiger partial charge in [0.05, 0.1) is 22.1 Å². The molecule has 0 fully saturated rings. The molecule has 7 heteroatoms. The quantitative estimate of drug-likeness (QED) is 0.669. The van der Waals surface area contributed by atoms with Crippen LogP contribution in [-0.4, -0.2) is 17.4 Å². The van der Waals surface area contributed by atoms with Crippen LogP contribution in [0.25, 0.3) is 0 Å². The largest absolute Gasteiger partial charge is 0.494 e. The lowest BCUT2D eigenvalue weighted by atomic mass is 10.2. The van der Waals surface area contributed by atoms with Gasteiger partial charge in [0.15, 0.2) is 0 Å². The number of hydrogen-bond donors (Lipinski definition) is 1. The molecule has 0 saturated carbocycles. The van der Waals surface area contributed by atoms with Gasteiger partial charge in [-0.25, -0.2) is 0 Å². The van der Waals surface area contributed by atoms with Crippen molar-refractivity contribution in [2.75, 3.05) is 11.9 Å². The predicted octanol–water partition coefficient (Wildman–Crippen LogP) is 3.90. The summed E-state index contributed by atoms with van der Waals surface area (Å²) in [5.74, 6) is 0.0905. The maximum Gasteiger partial charge on any atom is 0.270 e. The molecule has 0 aliphatic rings. The number of non-ortho nitro benzene ring substituents is 1. The van der Waals surface area contributed by atoms with Crippen molar-refractivity contribution in [3.63, 3.8) is 0 Å². The first-order valence-corrected chi connectivity index (χ1v) is 6.87. The number of anilines is 1. The van der Waals surface area contributed by atoms with Crippen molar-refractivity contribution in [1.29, 1.82) is 0 Å². The maximum absolute atomic E-state index is 12.2. The minimum absolute atomic E-state index is 0.0395. The molecule has 2 rings (SSSR count). The molecule has 0 atom stereocenters. The molecule has 0 heterocycles. The zero-order valence-corrected chi connectivity index (χ0v) is 12.5. The summed E-state index contributed by atoms with van der Waals surface area (Å²) in [5, 5.41) is 13.6. The Morgan fingerprint density at radius 1 is 1.32 bits per heavy atom. The van der Waals surface area contributed by atoms with Gasteiger partial charge in [0.2, 0.25) is 0 Å². The van der Waals surface area contributed by atoms with Crippen molar-refractivity contribution in [2.45, 2.75) is 6.92 Å². The number of rotatable bonds is 5. The van der Waals surface area contributed by atoms with E-state index < -0.39 is 10.8 Å². The van der Waals surface area contributed by atoms with Gasteiger partial charge in [-0.1, -0.05) is 17.7 Å². The van der Waals surface area contributed by atoms with E-state index >= 15 is 0 Å². The van der Waals surface area contributed by atoms with E-state index in [0.717, 1.165) is 6.07 Å². The number of nitrogens with one attached hydrogen (secondary N) is 1. The molecular formula is C15H13ClN2O4. The van der Waals surface area contributed by atoms with Gasteiger partial charge < -0.3 is 10.1 Å². The summed E-state index contributed by atoms with van der Waals surface area (Å²) in [6.07, 6.45) is 0. The fourth-order valence-corrected chi connectivity index (χ4v) is 2.03. The van der Waals surface area contributed by atoms with Crippen LogP contribution in [0.3, 0.4) is 0 Å². The fourth-order valence-electron chi connectivity index (χ4n) is 1.83. The monoisotopic (exact) mass is 320 g/mol. The molecule has 0 bridgehead atoms. The second-order valence-corrected chi connectivity index (χ2v) is 4.74. The van der Waals surface area contributed by atoms with Crippen molar-refractivity contribution in [2.24, 2.45) is 0 Å². The van der Waals surface area contributed by atoms with Gasteiger partial charge in [0.1, 0.15) is 5.75 Å². The predicted molar refractivity (Wildman–Crippen MR) is 83.7 cm³/mol. The van der Waals surface area contributed by atoms with E-state index in [2.05, 4.69) is 5.32 Å². The summed E-state index contributed by atoms with van der Waals surface area (Å²) in [6, 6.07) is 10.6. The average molecular weight is 321 g/mol. The Kier molecular flexibility index (Phi) is 4.95. The molecule has 22 heavy (non-hydrogen) atoms. The lowest BCUT2D eigenvalue weighted by Gasteiger charge is -2.09. The van der Waals surface area contributed by atoms with Crippen LogP contribution in [0, 0.1) is 10.1 Å². The Balaban J connectivity index is 2.23. The number of halogens is 1. The van der Waals surface area contributed by atoms with E-state index in [4.69, 9.17) is 16.3 Å². The van der Waals surface area contributed by atoms with Gasteiger partial charge in [0, 0.05) is 23.9 Å². The summed E-state index contributed by atoms with van der Waals surface area (Å²) in [5.41, 5.74) is 0.355. The Morgan fingerprint density at radius 3 is 2.77 bits per heavy atom. The van der Waals surface area contributed by atoms with Crippen LogP contribution < -0.4 is 10.1 Å². The number of hydrogen-bond acceptors (Lipinski definition) is 4. The van der Waals surface area contributed by atoms with E-state index in [0.29, 0.717) is 18.0 Å². The number of ether oxygens (including phenoxy) is 1. The normalized spacial score (nSPS) is 10.1. The molecule has 0 aromatic heterocycles. The number of carbonyl (C=O) groups excluding carboxylic acids is 1. The van der Waals surface area contributed by atoms with Crippen LogP contribution in [0.15, 0.2) is 42.5 Å². The Morgan fingerprint density at radius 2 is 2.09 bits per heavy atom. The highest BCUT2D eigenvalue weighted by atomic mass is 35.5. The Labute approximate surface area is 131 Å². The van der Waals surface area contributed by atoms with E-state index in [1.54, 1.807) is 24.3 Å². The first-order chi connectivity index (χ1) is 10.5. The molecule has 0 aliphatic heterocycles. The van der Waals surface area contributed by atoms with Crippen molar-refractivity contribution < 1.29 is 14.5 Å². The summed E-state index contributed by atoms with van der Waals surface area (Å²) < 4.78 is 5.34. The summed E-state index contributed by atoms with van der Waals surface area (Å²) >= 11 is 5.93. The highest BCUT2D eigenvalue weighted by Crippen LogP contribution is 2.24. The highest BCUT2D eigenvalue weighted by Gasteiger charge is 2.16. The van der Waals surface area contributed by atoms with Crippen molar-refractivity contribution in [3.8, 4) is 5.75 Å². The molecule has 114 valence electrons. The lowest BCUT2D eigenvalue weighted by molar-refractivity contribution is -0.384. The third-order valence-corrected chi connectivity index (χ3v) is 3.14. The van der Waals surface area contributed by atoms with Crippen LogP contribution in [0.1, 0.15) is 17.3 Å². The van der Waals surface area contributed by atoms with Gasteiger partial charge in [-0.2, -0.15) is 0 Å². The zero-order chi connectivity index (χ0) is 16.1. The van der Waals surface area contributed by atoms with Gasteiger partial charge in [-0.3, -0.25) is 14.9 Å². The van der Waals surface area contributed by atoms with Gasteiger partial charge in [-0.05, 0) is 25.1 Å². The number of nitrogens with zero attached hydrogens (tertiary/aromatic N) is 1. The number of carbonyl (C=O) groups is 1. The minimum Gasteiger partial charge on any atom is -0.494 e. The third kappa shape index (κ3) is 3.73. The fraction of sp³-hybridized carbons (Fsp3) is 0.133. The molecule has 2 aromatic rings. The standard InChI is InChI=1S/C15H13ClN2O4/c1-2-22-12-5-3-4-10(8-12)17-15(19)13-9-11(18(20)21)6-7-14(13)16/h3-9H,2H2,1H3,(H,17,19). The summed E-state index contributed by atoms with van der Waals surface area (Å²) in [7, 11) is 0. The van der Waals surface area contributed by atoms with Crippen molar-refractivity contribution in [3.05, 3.63) is 63.2 Å². The molecular weight excluding hydrogens is 308 g/mol. The van der Waals surface area contributed by atoms with Crippen LogP contribution in [0.2, 0.25) is 5.02 Å². The van der Waals surface area contributed by atoms with Crippen molar-refractivity contribution in [1.82, 2.24) is 0 Å². The maximum atomic E-state index is 12.2. The molecule has 1 N–H and O–H groups in total. The van der Waals surface area contributed by atoms with E-state index in [9.17, 15) is 14.9 Å². The summed E-state index contributed by atoms with van der Waals surface area (Å²) in [4.78, 5) is 22.4. The van der Waals surface area contributed by atoms with Gasteiger partial charge >= 0.3 is 0 Å². The first-order valence-electron chi connectivity index (χ1n) is 6.49. The van der Waals surface area contributed by atoms with Crippen LogP contribution >= 0.6 is 11.6 Å². The highest BCUT2D eigenvalue weighted by molar-refractivity contribution is 6.34. The Hall–Kier alpha value is -2.60. The Bertz CT molecular complexity index is 718. The second kappa shape index (κ2) is 6.91. The lowest BCUT2D eigenvalue weighted by Crippen LogP contribution is -2.13. The zero-order valence-electron chi connectivity index (χ0n) is 11.7. The summed E-state index contributed by atoms with van der Waals surface area (Å²) in [6.45, 7) is 2.36. The van der Waals surface area contributed by atoms with Gasteiger partial charge in [-0.15, -0.1) is 0 Å². The molecule has 0 saturated heterocycles.